The zero-order chi connectivity index (χ0) is 21.6. The van der Waals surface area contributed by atoms with Crippen molar-refractivity contribution in [2.45, 2.75) is 45.6 Å². The number of pyridine rings is 2. The summed E-state index contributed by atoms with van der Waals surface area (Å²) < 4.78 is 2.14. The molecule has 0 atom stereocenters. The zero-order valence-corrected chi connectivity index (χ0v) is 18.1. The second kappa shape index (κ2) is 9.73. The lowest BCUT2D eigenvalue weighted by atomic mass is 10.0. The van der Waals surface area contributed by atoms with Gasteiger partial charge in [0.05, 0.1) is 0 Å². The molecule has 1 fully saturated rings. The number of hydrogen-bond donors (Lipinski definition) is 0. The van der Waals surface area contributed by atoms with Crippen LogP contribution >= 0.6 is 0 Å². The predicted octanol–water partition coefficient (Wildman–Crippen LogP) is 4.01. The quantitative estimate of drug-likeness (QED) is 0.611. The number of hydrogen-bond acceptors (Lipinski definition) is 3. The maximum atomic E-state index is 13.5. The zero-order valence-electron chi connectivity index (χ0n) is 18.1. The molecule has 31 heavy (non-hydrogen) atoms. The Kier molecular flexibility index (Phi) is 6.60. The summed E-state index contributed by atoms with van der Waals surface area (Å²) in [5.74, 6) is -0.115. The van der Waals surface area contributed by atoms with Crippen LogP contribution in [0.1, 0.15) is 52.1 Å². The molecule has 3 heterocycles. The molecule has 0 bridgehead atoms. The largest absolute Gasteiger partial charge is 0.343 e. The van der Waals surface area contributed by atoms with E-state index in [2.05, 4.69) is 21.7 Å². The maximum absolute atomic E-state index is 13.5. The van der Waals surface area contributed by atoms with Gasteiger partial charge in [-0.3, -0.25) is 14.6 Å². The highest BCUT2D eigenvalue weighted by Crippen LogP contribution is 2.19. The number of likely N-dealkylation sites (tertiary alicyclic amines) is 1. The highest BCUT2D eigenvalue weighted by molar-refractivity contribution is 5.95. The topological polar surface area (TPSA) is 55.2 Å². The molecule has 1 saturated heterocycles. The Morgan fingerprint density at radius 3 is 2.35 bits per heavy atom. The Bertz CT molecular complexity index is 1080. The predicted molar refractivity (Wildman–Crippen MR) is 122 cm³/mol. The summed E-state index contributed by atoms with van der Waals surface area (Å²) in [6.07, 6.45) is 8.11. The first-order valence-electron chi connectivity index (χ1n) is 11.1. The van der Waals surface area contributed by atoms with Crippen LogP contribution in [0.4, 0.5) is 0 Å². The number of piperidine rings is 1. The molecular weight excluding hydrogens is 386 g/mol. The molecular formula is C26H29N3O2. The van der Waals surface area contributed by atoms with E-state index in [0.29, 0.717) is 18.5 Å². The van der Waals surface area contributed by atoms with Crippen molar-refractivity contribution < 1.29 is 4.79 Å². The molecule has 5 heteroatoms. The van der Waals surface area contributed by atoms with E-state index in [9.17, 15) is 9.59 Å². The summed E-state index contributed by atoms with van der Waals surface area (Å²) in [6.45, 7) is 4.02. The Labute approximate surface area is 183 Å². The van der Waals surface area contributed by atoms with E-state index in [4.69, 9.17) is 0 Å². The number of nitrogens with zero attached hydrogens (tertiary/aromatic N) is 3. The lowest BCUT2D eigenvalue weighted by molar-refractivity contribution is 0.0720. The minimum atomic E-state index is -0.165. The number of amides is 1. The molecule has 0 N–H and O–H groups in total. The van der Waals surface area contributed by atoms with E-state index in [1.165, 1.54) is 5.56 Å². The van der Waals surface area contributed by atoms with Crippen LogP contribution in [0, 0.1) is 6.92 Å². The lowest BCUT2D eigenvalue weighted by Gasteiger charge is -2.28. The fourth-order valence-electron chi connectivity index (χ4n) is 4.37. The van der Waals surface area contributed by atoms with Gasteiger partial charge in [-0.2, -0.15) is 0 Å². The Morgan fingerprint density at radius 2 is 1.65 bits per heavy atom. The molecule has 1 aliphatic rings. The summed E-state index contributed by atoms with van der Waals surface area (Å²) in [6, 6.07) is 15.8. The normalized spacial score (nSPS) is 13.9. The van der Waals surface area contributed by atoms with Gasteiger partial charge < -0.3 is 9.47 Å². The van der Waals surface area contributed by atoms with Crippen LogP contribution in [0.15, 0.2) is 65.7 Å². The van der Waals surface area contributed by atoms with Gasteiger partial charge in [0, 0.05) is 49.5 Å². The van der Waals surface area contributed by atoms with Crippen LogP contribution in [0.2, 0.25) is 0 Å². The monoisotopic (exact) mass is 415 g/mol. The number of carbonyl (C=O) groups is 1. The molecule has 0 spiro atoms. The van der Waals surface area contributed by atoms with Gasteiger partial charge in [0.25, 0.3) is 5.91 Å². The summed E-state index contributed by atoms with van der Waals surface area (Å²) >= 11 is 0. The van der Waals surface area contributed by atoms with Crippen molar-refractivity contribution >= 4 is 5.91 Å². The molecule has 0 aliphatic carbocycles. The molecule has 1 amide bonds. The summed E-state index contributed by atoms with van der Waals surface area (Å²) in [7, 11) is 0. The lowest BCUT2D eigenvalue weighted by Crippen LogP contribution is -2.39. The average molecular weight is 416 g/mol. The van der Waals surface area contributed by atoms with Crippen LogP contribution in [0.5, 0.6) is 0 Å². The molecule has 1 aliphatic heterocycles. The SMILES string of the molecule is Cc1cc(=O)c(C(=O)N2CCCCC2)c(CCc2ccccc2)n1Cc1ccncc1. The number of aromatic nitrogens is 2. The summed E-state index contributed by atoms with van der Waals surface area (Å²) in [5, 5.41) is 0. The molecule has 5 nitrogen and oxygen atoms in total. The molecule has 1 aromatic carbocycles. The van der Waals surface area contributed by atoms with Crippen LogP contribution in [0.3, 0.4) is 0 Å². The molecule has 2 aromatic heterocycles. The van der Waals surface area contributed by atoms with E-state index < -0.39 is 0 Å². The first-order valence-corrected chi connectivity index (χ1v) is 11.1. The molecule has 4 rings (SSSR count). The van der Waals surface area contributed by atoms with Crippen molar-refractivity contribution in [1.82, 2.24) is 14.5 Å². The van der Waals surface area contributed by atoms with Gasteiger partial charge in [0.1, 0.15) is 5.56 Å². The third-order valence-electron chi connectivity index (χ3n) is 6.07. The van der Waals surface area contributed by atoms with Gasteiger partial charge in [-0.25, -0.2) is 0 Å². The smallest absolute Gasteiger partial charge is 0.259 e. The first kappa shape index (κ1) is 21.0. The Balaban J connectivity index is 1.77. The number of aryl methyl sites for hydroxylation is 2. The third kappa shape index (κ3) is 4.93. The van der Waals surface area contributed by atoms with Crippen molar-refractivity contribution in [2.24, 2.45) is 0 Å². The fraction of sp³-hybridized carbons (Fsp3) is 0.346. The molecule has 160 valence electrons. The standard InChI is InChI=1S/C26H29N3O2/c1-20-18-24(30)25(26(31)28-16-6-3-7-17-28)23(11-10-21-8-4-2-5-9-21)29(20)19-22-12-14-27-15-13-22/h2,4-5,8-9,12-15,18H,3,6-7,10-11,16-17,19H2,1H3. The second-order valence-corrected chi connectivity index (χ2v) is 8.25. The number of carbonyl (C=O) groups excluding carboxylic acids is 1. The summed E-state index contributed by atoms with van der Waals surface area (Å²) in [4.78, 5) is 32.5. The van der Waals surface area contributed by atoms with E-state index in [-0.39, 0.29) is 11.3 Å². The first-order chi connectivity index (χ1) is 15.1. The minimum Gasteiger partial charge on any atom is -0.343 e. The van der Waals surface area contributed by atoms with E-state index in [0.717, 1.165) is 55.7 Å². The van der Waals surface area contributed by atoms with Gasteiger partial charge in [-0.1, -0.05) is 30.3 Å². The molecule has 0 unspecified atom stereocenters. The van der Waals surface area contributed by atoms with Crippen molar-refractivity contribution in [1.29, 1.82) is 0 Å². The van der Waals surface area contributed by atoms with Crippen molar-refractivity contribution in [2.75, 3.05) is 13.1 Å². The average Bonchev–Trinajstić information content (AvgIpc) is 2.81. The van der Waals surface area contributed by atoms with Crippen LogP contribution in [-0.4, -0.2) is 33.4 Å². The fourth-order valence-corrected chi connectivity index (χ4v) is 4.37. The van der Waals surface area contributed by atoms with Crippen LogP contribution in [-0.2, 0) is 19.4 Å². The summed E-state index contributed by atoms with van der Waals surface area (Å²) in [5.41, 5.74) is 4.18. The molecule has 0 radical (unpaired) electrons. The Morgan fingerprint density at radius 1 is 0.935 bits per heavy atom. The third-order valence-corrected chi connectivity index (χ3v) is 6.07. The number of rotatable bonds is 6. The van der Waals surface area contributed by atoms with E-state index in [1.807, 2.05) is 42.2 Å². The highest BCUT2D eigenvalue weighted by atomic mass is 16.2. The van der Waals surface area contributed by atoms with Gasteiger partial charge >= 0.3 is 0 Å². The van der Waals surface area contributed by atoms with Gasteiger partial charge in [-0.05, 0) is 62.3 Å². The molecule has 0 saturated carbocycles. The van der Waals surface area contributed by atoms with Crippen LogP contribution in [0.25, 0.3) is 0 Å². The van der Waals surface area contributed by atoms with Crippen molar-refractivity contribution in [3.63, 3.8) is 0 Å². The van der Waals surface area contributed by atoms with Crippen LogP contribution < -0.4 is 5.43 Å². The van der Waals surface area contributed by atoms with Crippen molar-refractivity contribution in [3.8, 4) is 0 Å². The maximum Gasteiger partial charge on any atom is 0.259 e. The highest BCUT2D eigenvalue weighted by Gasteiger charge is 2.25. The Hall–Kier alpha value is -3.21. The van der Waals surface area contributed by atoms with Crippen molar-refractivity contribution in [3.05, 3.63) is 99.2 Å². The van der Waals surface area contributed by atoms with Gasteiger partial charge in [0.15, 0.2) is 5.43 Å². The van der Waals surface area contributed by atoms with E-state index >= 15 is 0 Å². The minimum absolute atomic E-state index is 0.115. The van der Waals surface area contributed by atoms with Gasteiger partial charge in [0.2, 0.25) is 0 Å². The van der Waals surface area contributed by atoms with Gasteiger partial charge in [-0.15, -0.1) is 0 Å². The molecule has 3 aromatic rings. The number of benzene rings is 1. The second-order valence-electron chi connectivity index (χ2n) is 8.25. The van der Waals surface area contributed by atoms with E-state index in [1.54, 1.807) is 18.5 Å².